The number of benzene rings is 1. The second kappa shape index (κ2) is 5.69. The Hall–Kier alpha value is -2.14. The van der Waals surface area contributed by atoms with E-state index in [1.165, 1.54) is 12.1 Å². The van der Waals surface area contributed by atoms with Gasteiger partial charge in [0.2, 0.25) is 0 Å². The van der Waals surface area contributed by atoms with Gasteiger partial charge in [0.25, 0.3) is 5.91 Å². The van der Waals surface area contributed by atoms with E-state index in [0.717, 1.165) is 12.8 Å². The van der Waals surface area contributed by atoms with Gasteiger partial charge in [-0.3, -0.25) is 4.79 Å². The molecule has 1 aromatic heterocycles. The third-order valence-corrected chi connectivity index (χ3v) is 3.41. The largest absolute Gasteiger partial charge is 0.354 e. The fraction of sp³-hybridized carbons (Fsp3) is 0.200. The molecule has 0 aliphatic heterocycles. The summed E-state index contributed by atoms with van der Waals surface area (Å²) in [7, 11) is 0. The van der Waals surface area contributed by atoms with Gasteiger partial charge in [-0.2, -0.15) is 0 Å². The summed E-state index contributed by atoms with van der Waals surface area (Å²) in [6.07, 6.45) is 3.63. The zero-order chi connectivity index (χ0) is 14.8. The first kappa shape index (κ1) is 13.8. The normalized spacial score (nSPS) is 13.8. The van der Waals surface area contributed by atoms with Crippen LogP contribution < -0.4 is 10.6 Å². The first-order valence-corrected chi connectivity index (χ1v) is 6.98. The topological polar surface area (TPSA) is 54.0 Å². The summed E-state index contributed by atoms with van der Waals surface area (Å²) in [6, 6.07) is 8.05. The summed E-state index contributed by atoms with van der Waals surface area (Å²) in [6.45, 7) is 0. The average molecular weight is 306 g/mol. The van der Waals surface area contributed by atoms with Gasteiger partial charge in [-0.05, 0) is 43.2 Å². The van der Waals surface area contributed by atoms with E-state index in [9.17, 15) is 9.18 Å². The van der Waals surface area contributed by atoms with Crippen molar-refractivity contribution in [3.05, 3.63) is 53.1 Å². The number of rotatable bonds is 4. The van der Waals surface area contributed by atoms with Crippen LogP contribution in [0.3, 0.4) is 0 Å². The Labute approximate surface area is 126 Å². The molecule has 1 aromatic carbocycles. The first-order chi connectivity index (χ1) is 10.1. The van der Waals surface area contributed by atoms with Gasteiger partial charge in [0.05, 0.1) is 16.9 Å². The highest BCUT2D eigenvalue weighted by Crippen LogP contribution is 2.23. The van der Waals surface area contributed by atoms with Crippen molar-refractivity contribution in [2.75, 3.05) is 5.32 Å². The molecule has 3 rings (SSSR count). The van der Waals surface area contributed by atoms with Gasteiger partial charge < -0.3 is 10.6 Å². The fourth-order valence-electron chi connectivity index (χ4n) is 1.83. The molecule has 1 aliphatic rings. The lowest BCUT2D eigenvalue weighted by atomic mass is 10.2. The van der Waals surface area contributed by atoms with Gasteiger partial charge in [-0.15, -0.1) is 0 Å². The molecular weight excluding hydrogens is 293 g/mol. The van der Waals surface area contributed by atoms with Crippen molar-refractivity contribution in [2.45, 2.75) is 18.9 Å². The number of halogens is 2. The van der Waals surface area contributed by atoms with E-state index in [2.05, 4.69) is 15.6 Å². The van der Waals surface area contributed by atoms with E-state index in [-0.39, 0.29) is 10.9 Å². The molecule has 0 bridgehead atoms. The van der Waals surface area contributed by atoms with E-state index in [0.29, 0.717) is 23.1 Å². The molecule has 0 saturated heterocycles. The Morgan fingerprint density at radius 2 is 2.00 bits per heavy atom. The maximum Gasteiger partial charge on any atom is 0.270 e. The van der Waals surface area contributed by atoms with Gasteiger partial charge in [-0.1, -0.05) is 11.6 Å². The van der Waals surface area contributed by atoms with Crippen LogP contribution in [-0.2, 0) is 0 Å². The average Bonchev–Trinajstić information content (AvgIpc) is 3.28. The summed E-state index contributed by atoms with van der Waals surface area (Å²) in [4.78, 5) is 15.9. The van der Waals surface area contributed by atoms with Crippen LogP contribution in [0.2, 0.25) is 5.02 Å². The second-order valence-electron chi connectivity index (χ2n) is 4.93. The van der Waals surface area contributed by atoms with Crippen LogP contribution >= 0.6 is 11.6 Å². The lowest BCUT2D eigenvalue weighted by molar-refractivity contribution is 0.0946. The number of hydrogen-bond acceptors (Lipinski definition) is 3. The standard InChI is InChI=1S/C15H13ClFN3O/c16-12-7-10(3-5-13(12)17)19-11-4-6-14(18-8-11)15(21)20-9-1-2-9/h3-9,19H,1-2H2,(H,20,21). The Kier molecular flexibility index (Phi) is 3.75. The van der Waals surface area contributed by atoms with Crippen LogP contribution in [0, 0.1) is 5.82 Å². The van der Waals surface area contributed by atoms with Gasteiger partial charge in [0.1, 0.15) is 11.5 Å². The molecule has 0 spiro atoms. The van der Waals surface area contributed by atoms with Crippen LogP contribution in [0.4, 0.5) is 15.8 Å². The Morgan fingerprint density at radius 1 is 1.24 bits per heavy atom. The number of carbonyl (C=O) groups excluding carboxylic acids is 1. The molecule has 1 amide bonds. The van der Waals surface area contributed by atoms with Crippen LogP contribution in [-0.4, -0.2) is 16.9 Å². The Bertz CT molecular complexity index is 671. The minimum Gasteiger partial charge on any atom is -0.354 e. The SMILES string of the molecule is O=C(NC1CC1)c1ccc(Nc2ccc(F)c(Cl)c2)cn1. The lowest BCUT2D eigenvalue weighted by Crippen LogP contribution is -2.26. The van der Waals surface area contributed by atoms with Gasteiger partial charge in [0, 0.05) is 11.7 Å². The smallest absolute Gasteiger partial charge is 0.270 e. The van der Waals surface area contributed by atoms with Crippen molar-refractivity contribution >= 4 is 28.9 Å². The zero-order valence-corrected chi connectivity index (χ0v) is 11.8. The van der Waals surface area contributed by atoms with Gasteiger partial charge in [0.15, 0.2) is 0 Å². The van der Waals surface area contributed by atoms with Crippen molar-refractivity contribution in [2.24, 2.45) is 0 Å². The van der Waals surface area contributed by atoms with E-state index in [1.54, 1.807) is 24.4 Å². The maximum absolute atomic E-state index is 13.1. The maximum atomic E-state index is 13.1. The zero-order valence-electron chi connectivity index (χ0n) is 11.1. The molecule has 0 unspecified atom stereocenters. The monoisotopic (exact) mass is 305 g/mol. The number of carbonyl (C=O) groups is 1. The molecular formula is C15H13ClFN3O. The molecule has 1 aliphatic carbocycles. The highest BCUT2D eigenvalue weighted by Gasteiger charge is 2.24. The molecule has 1 heterocycles. The Balaban J connectivity index is 1.68. The van der Waals surface area contributed by atoms with Crippen molar-refractivity contribution < 1.29 is 9.18 Å². The highest BCUT2D eigenvalue weighted by atomic mass is 35.5. The Morgan fingerprint density at radius 3 is 2.62 bits per heavy atom. The number of nitrogens with one attached hydrogen (secondary N) is 2. The van der Waals surface area contributed by atoms with Crippen molar-refractivity contribution in [1.29, 1.82) is 0 Å². The van der Waals surface area contributed by atoms with Crippen LogP contribution in [0.5, 0.6) is 0 Å². The molecule has 2 aromatic rings. The lowest BCUT2D eigenvalue weighted by Gasteiger charge is -2.08. The molecule has 4 nitrogen and oxygen atoms in total. The highest BCUT2D eigenvalue weighted by molar-refractivity contribution is 6.31. The molecule has 21 heavy (non-hydrogen) atoms. The van der Waals surface area contributed by atoms with E-state index >= 15 is 0 Å². The van der Waals surface area contributed by atoms with Crippen molar-refractivity contribution in [3.8, 4) is 0 Å². The van der Waals surface area contributed by atoms with Gasteiger partial charge in [-0.25, -0.2) is 9.37 Å². The van der Waals surface area contributed by atoms with Crippen molar-refractivity contribution in [3.63, 3.8) is 0 Å². The summed E-state index contributed by atoms with van der Waals surface area (Å²) >= 11 is 5.72. The fourth-order valence-corrected chi connectivity index (χ4v) is 2.01. The molecule has 108 valence electrons. The van der Waals surface area contributed by atoms with E-state index < -0.39 is 5.82 Å². The third-order valence-electron chi connectivity index (χ3n) is 3.12. The molecule has 0 radical (unpaired) electrons. The minimum absolute atomic E-state index is 0.0494. The predicted octanol–water partition coefficient (Wildman–Crippen LogP) is 3.51. The number of amides is 1. The molecule has 6 heteroatoms. The number of pyridine rings is 1. The number of anilines is 2. The molecule has 1 saturated carbocycles. The second-order valence-corrected chi connectivity index (χ2v) is 5.34. The molecule has 1 fully saturated rings. The van der Waals surface area contributed by atoms with Crippen LogP contribution in [0.1, 0.15) is 23.3 Å². The number of aromatic nitrogens is 1. The van der Waals surface area contributed by atoms with Crippen molar-refractivity contribution in [1.82, 2.24) is 10.3 Å². The summed E-state index contributed by atoms with van der Waals surface area (Å²) in [5, 5.41) is 5.97. The summed E-state index contributed by atoms with van der Waals surface area (Å²) in [5.74, 6) is -0.624. The quantitative estimate of drug-likeness (QED) is 0.909. The third kappa shape index (κ3) is 3.49. The minimum atomic E-state index is -0.465. The van der Waals surface area contributed by atoms with Crippen LogP contribution in [0.15, 0.2) is 36.5 Å². The van der Waals surface area contributed by atoms with E-state index in [1.807, 2.05) is 0 Å². The number of nitrogens with zero attached hydrogens (tertiary/aromatic N) is 1. The molecule has 0 atom stereocenters. The number of hydrogen-bond donors (Lipinski definition) is 2. The van der Waals surface area contributed by atoms with Crippen LogP contribution in [0.25, 0.3) is 0 Å². The first-order valence-electron chi connectivity index (χ1n) is 6.61. The molecule has 2 N–H and O–H groups in total. The van der Waals surface area contributed by atoms with E-state index in [4.69, 9.17) is 11.6 Å². The summed E-state index contributed by atoms with van der Waals surface area (Å²) in [5.41, 5.74) is 1.73. The predicted molar refractivity (Wildman–Crippen MR) is 79.4 cm³/mol. The van der Waals surface area contributed by atoms with Gasteiger partial charge >= 0.3 is 0 Å². The summed E-state index contributed by atoms with van der Waals surface area (Å²) < 4.78 is 13.1.